The molecular formula is C15H30N2O2. The number of rotatable bonds is 2. The van der Waals surface area contributed by atoms with Crippen LogP contribution in [0.3, 0.4) is 0 Å². The average Bonchev–Trinajstić information content (AvgIpc) is 2.23. The van der Waals surface area contributed by atoms with Gasteiger partial charge in [0.25, 0.3) is 0 Å². The first-order valence-electron chi connectivity index (χ1n) is 7.28. The maximum absolute atomic E-state index is 11.6. The minimum absolute atomic E-state index is 0.309. The van der Waals surface area contributed by atoms with Gasteiger partial charge < -0.3 is 15.4 Å². The van der Waals surface area contributed by atoms with Crippen LogP contribution in [0.25, 0.3) is 0 Å². The van der Waals surface area contributed by atoms with Crippen molar-refractivity contribution in [1.29, 1.82) is 0 Å². The Bertz CT molecular complexity index is 294. The van der Waals surface area contributed by atoms with Crippen LogP contribution in [0.1, 0.15) is 54.4 Å². The van der Waals surface area contributed by atoms with Gasteiger partial charge in [-0.3, -0.25) is 0 Å². The molecule has 4 heteroatoms. The molecule has 2 atom stereocenters. The van der Waals surface area contributed by atoms with Crippen molar-refractivity contribution < 1.29 is 9.53 Å². The van der Waals surface area contributed by atoms with Crippen LogP contribution in [0.5, 0.6) is 0 Å². The highest BCUT2D eigenvalue weighted by Gasteiger charge is 2.29. The van der Waals surface area contributed by atoms with Gasteiger partial charge in [0.05, 0.1) is 0 Å². The number of carbonyl (C=O) groups excluding carboxylic acids is 1. The average molecular weight is 270 g/mol. The van der Waals surface area contributed by atoms with Crippen LogP contribution < -0.4 is 10.6 Å². The van der Waals surface area contributed by atoms with Crippen LogP contribution in [-0.2, 0) is 4.74 Å². The molecule has 2 unspecified atom stereocenters. The number of alkyl carbamates (subject to hydrolysis) is 1. The largest absolute Gasteiger partial charge is 0.444 e. The summed E-state index contributed by atoms with van der Waals surface area (Å²) in [7, 11) is 0. The first kappa shape index (κ1) is 16.3. The molecule has 0 spiro atoms. The molecule has 4 nitrogen and oxygen atoms in total. The van der Waals surface area contributed by atoms with Crippen LogP contribution in [0.4, 0.5) is 4.79 Å². The molecule has 1 amide bonds. The molecule has 1 rings (SSSR count). The van der Waals surface area contributed by atoms with Gasteiger partial charge in [-0.1, -0.05) is 20.8 Å². The van der Waals surface area contributed by atoms with Gasteiger partial charge in [-0.25, -0.2) is 4.79 Å². The summed E-state index contributed by atoms with van der Waals surface area (Å²) >= 11 is 0. The van der Waals surface area contributed by atoms with Crippen LogP contribution >= 0.6 is 0 Å². The summed E-state index contributed by atoms with van der Waals surface area (Å²) in [6.07, 6.45) is 2.01. The Hall–Kier alpha value is -0.770. The number of hydrogen-bond acceptors (Lipinski definition) is 3. The summed E-state index contributed by atoms with van der Waals surface area (Å²) in [5, 5.41) is 6.45. The van der Waals surface area contributed by atoms with E-state index in [0.717, 1.165) is 13.0 Å². The van der Waals surface area contributed by atoms with E-state index in [1.165, 1.54) is 6.42 Å². The third-order valence-electron chi connectivity index (χ3n) is 3.50. The van der Waals surface area contributed by atoms with Crippen molar-refractivity contribution >= 4 is 6.09 Å². The normalized spacial score (nSPS) is 24.9. The maximum atomic E-state index is 11.6. The lowest BCUT2D eigenvalue weighted by molar-refractivity contribution is 0.0513. The monoisotopic (exact) mass is 270 g/mol. The maximum Gasteiger partial charge on any atom is 0.407 e. The molecule has 2 N–H and O–H groups in total. The molecule has 0 radical (unpaired) electrons. The molecule has 19 heavy (non-hydrogen) atoms. The lowest BCUT2D eigenvalue weighted by atomic mass is 9.80. The Morgan fingerprint density at radius 3 is 2.26 bits per heavy atom. The molecule has 0 saturated carbocycles. The predicted molar refractivity (Wildman–Crippen MR) is 78.2 cm³/mol. The molecular weight excluding hydrogens is 240 g/mol. The van der Waals surface area contributed by atoms with E-state index < -0.39 is 5.60 Å². The summed E-state index contributed by atoms with van der Waals surface area (Å²) < 4.78 is 5.23. The molecule has 112 valence electrons. The van der Waals surface area contributed by atoms with Gasteiger partial charge in [0.15, 0.2) is 0 Å². The quantitative estimate of drug-likeness (QED) is 0.811. The molecule has 0 aromatic carbocycles. The number of amides is 1. The lowest BCUT2D eigenvalue weighted by Gasteiger charge is -2.38. The second kappa shape index (κ2) is 6.12. The molecule has 1 saturated heterocycles. The Labute approximate surface area is 117 Å². The zero-order valence-electron chi connectivity index (χ0n) is 13.3. The van der Waals surface area contributed by atoms with Gasteiger partial charge in [0.2, 0.25) is 0 Å². The third kappa shape index (κ3) is 6.28. The zero-order chi connectivity index (χ0) is 14.7. The van der Waals surface area contributed by atoms with Crippen LogP contribution in [0.2, 0.25) is 0 Å². The number of carbonyl (C=O) groups is 1. The van der Waals surface area contributed by atoms with E-state index in [-0.39, 0.29) is 6.09 Å². The smallest absolute Gasteiger partial charge is 0.407 e. The van der Waals surface area contributed by atoms with Gasteiger partial charge in [0, 0.05) is 12.6 Å². The first-order chi connectivity index (χ1) is 8.58. The first-order valence-corrected chi connectivity index (χ1v) is 7.28. The summed E-state index contributed by atoms with van der Waals surface area (Å²) in [5.41, 5.74) is -0.115. The molecule has 1 heterocycles. The Kier molecular flexibility index (Phi) is 5.25. The Balaban J connectivity index is 2.25. The highest BCUT2D eigenvalue weighted by atomic mass is 16.6. The van der Waals surface area contributed by atoms with E-state index in [1.54, 1.807) is 0 Å². The molecule has 1 aliphatic heterocycles. The fraction of sp³-hybridized carbons (Fsp3) is 0.933. The molecule has 0 aliphatic carbocycles. The number of ether oxygens (including phenoxy) is 1. The van der Waals surface area contributed by atoms with Crippen molar-refractivity contribution in [2.24, 2.45) is 11.3 Å². The highest BCUT2D eigenvalue weighted by Crippen LogP contribution is 2.27. The fourth-order valence-corrected chi connectivity index (χ4v) is 2.37. The standard InChI is InChI=1S/C15H30N2O2/c1-14(2,3)12-8-7-11(9-16-12)10-17-13(18)19-15(4,5)6/h11-12,16H,7-10H2,1-6H3,(H,17,18). The van der Waals surface area contributed by atoms with Crippen LogP contribution in [-0.4, -0.2) is 30.8 Å². The highest BCUT2D eigenvalue weighted by molar-refractivity contribution is 5.67. The summed E-state index contributed by atoms with van der Waals surface area (Å²) in [4.78, 5) is 11.6. The van der Waals surface area contributed by atoms with E-state index >= 15 is 0 Å². The number of nitrogens with one attached hydrogen (secondary N) is 2. The van der Waals surface area contributed by atoms with Gasteiger partial charge >= 0.3 is 6.09 Å². The van der Waals surface area contributed by atoms with Crippen molar-refractivity contribution in [1.82, 2.24) is 10.6 Å². The van der Waals surface area contributed by atoms with Gasteiger partial charge in [-0.2, -0.15) is 0 Å². The molecule has 1 fully saturated rings. The number of piperidine rings is 1. The van der Waals surface area contributed by atoms with Crippen molar-refractivity contribution in [3.8, 4) is 0 Å². The summed E-state index contributed by atoms with van der Waals surface area (Å²) in [5.74, 6) is 0.506. The van der Waals surface area contributed by atoms with Crippen LogP contribution in [0.15, 0.2) is 0 Å². The van der Waals surface area contributed by atoms with Crippen molar-refractivity contribution in [2.45, 2.75) is 66.0 Å². The van der Waals surface area contributed by atoms with E-state index in [0.29, 0.717) is 23.9 Å². The van der Waals surface area contributed by atoms with Crippen molar-refractivity contribution in [3.05, 3.63) is 0 Å². The topological polar surface area (TPSA) is 50.4 Å². The van der Waals surface area contributed by atoms with E-state index in [2.05, 4.69) is 31.4 Å². The minimum Gasteiger partial charge on any atom is -0.444 e. The van der Waals surface area contributed by atoms with Crippen molar-refractivity contribution in [3.63, 3.8) is 0 Å². The minimum atomic E-state index is -0.424. The van der Waals surface area contributed by atoms with Gasteiger partial charge in [-0.15, -0.1) is 0 Å². The second-order valence-electron chi connectivity index (χ2n) is 7.65. The fourth-order valence-electron chi connectivity index (χ4n) is 2.37. The molecule has 0 aromatic heterocycles. The lowest BCUT2D eigenvalue weighted by Crippen LogP contribution is -2.48. The second-order valence-corrected chi connectivity index (χ2v) is 7.65. The van der Waals surface area contributed by atoms with Crippen molar-refractivity contribution in [2.75, 3.05) is 13.1 Å². The van der Waals surface area contributed by atoms with E-state index in [4.69, 9.17) is 4.74 Å². The predicted octanol–water partition coefficient (Wildman–Crippen LogP) is 2.93. The molecule has 1 aliphatic rings. The SMILES string of the molecule is CC(C)(C)OC(=O)NCC1CCC(C(C)(C)C)NC1. The molecule has 0 aromatic rings. The van der Waals surface area contributed by atoms with Gasteiger partial charge in [0.1, 0.15) is 5.60 Å². The summed E-state index contributed by atoms with van der Waals surface area (Å²) in [6, 6.07) is 0.574. The molecule has 0 bridgehead atoms. The van der Waals surface area contributed by atoms with E-state index in [1.807, 2.05) is 20.8 Å². The van der Waals surface area contributed by atoms with E-state index in [9.17, 15) is 4.79 Å². The third-order valence-corrected chi connectivity index (χ3v) is 3.50. The zero-order valence-corrected chi connectivity index (χ0v) is 13.3. The Morgan fingerprint density at radius 1 is 1.21 bits per heavy atom. The Morgan fingerprint density at radius 2 is 1.84 bits per heavy atom. The van der Waals surface area contributed by atoms with Gasteiger partial charge in [-0.05, 0) is 51.5 Å². The number of hydrogen-bond donors (Lipinski definition) is 2. The van der Waals surface area contributed by atoms with Crippen LogP contribution in [0, 0.1) is 11.3 Å². The summed E-state index contributed by atoms with van der Waals surface area (Å²) in [6.45, 7) is 14.1.